The smallest absolute Gasteiger partial charge is 0.226 e. The standard InChI is InChI=1S/C12H20N4OS/c1-7(2)11-14-15-12(18-11)16-5-9(6-16)10(17)13-8(3)4/h7-9H,5-6H2,1-4H3,(H,13,17). The Morgan fingerprint density at radius 3 is 2.50 bits per heavy atom. The SMILES string of the molecule is CC(C)NC(=O)C1CN(c2nnc(C(C)C)s2)C1. The van der Waals surface area contributed by atoms with Crippen LogP contribution in [0.25, 0.3) is 0 Å². The molecule has 0 radical (unpaired) electrons. The lowest BCUT2D eigenvalue weighted by molar-refractivity contribution is -0.126. The number of aromatic nitrogens is 2. The molecule has 2 rings (SSSR count). The summed E-state index contributed by atoms with van der Waals surface area (Å²) in [4.78, 5) is 13.9. The van der Waals surface area contributed by atoms with Crippen molar-refractivity contribution in [2.75, 3.05) is 18.0 Å². The second-order valence-corrected chi connectivity index (χ2v) is 6.33. The third-order valence-corrected chi connectivity index (χ3v) is 4.16. The second kappa shape index (κ2) is 5.22. The molecule has 0 aliphatic carbocycles. The third-order valence-electron chi connectivity index (χ3n) is 2.88. The van der Waals surface area contributed by atoms with Crippen molar-refractivity contribution in [3.63, 3.8) is 0 Å². The first-order chi connectivity index (χ1) is 8.47. The fourth-order valence-corrected chi connectivity index (χ4v) is 2.65. The molecule has 1 aliphatic heterocycles. The molecule has 1 N–H and O–H groups in total. The molecule has 1 aliphatic rings. The summed E-state index contributed by atoms with van der Waals surface area (Å²) >= 11 is 1.62. The van der Waals surface area contributed by atoms with Gasteiger partial charge in [-0.3, -0.25) is 4.79 Å². The lowest BCUT2D eigenvalue weighted by Gasteiger charge is -2.37. The van der Waals surface area contributed by atoms with Crippen LogP contribution in [0.15, 0.2) is 0 Å². The van der Waals surface area contributed by atoms with Crippen LogP contribution in [0, 0.1) is 5.92 Å². The van der Waals surface area contributed by atoms with Gasteiger partial charge in [0.15, 0.2) is 0 Å². The monoisotopic (exact) mass is 268 g/mol. The van der Waals surface area contributed by atoms with Crippen LogP contribution in [-0.4, -0.2) is 35.2 Å². The van der Waals surface area contributed by atoms with E-state index in [2.05, 4.69) is 34.3 Å². The summed E-state index contributed by atoms with van der Waals surface area (Å²) in [5.41, 5.74) is 0. The molecule has 1 amide bonds. The van der Waals surface area contributed by atoms with Gasteiger partial charge in [-0.1, -0.05) is 25.2 Å². The minimum Gasteiger partial charge on any atom is -0.354 e. The van der Waals surface area contributed by atoms with Crippen molar-refractivity contribution in [1.82, 2.24) is 15.5 Å². The fraction of sp³-hybridized carbons (Fsp3) is 0.750. The Labute approximate surface area is 112 Å². The molecule has 5 nitrogen and oxygen atoms in total. The molecule has 1 aromatic heterocycles. The van der Waals surface area contributed by atoms with E-state index in [9.17, 15) is 4.79 Å². The van der Waals surface area contributed by atoms with Crippen molar-refractivity contribution in [3.05, 3.63) is 5.01 Å². The van der Waals surface area contributed by atoms with Gasteiger partial charge >= 0.3 is 0 Å². The first-order valence-corrected chi connectivity index (χ1v) is 7.17. The second-order valence-electron chi connectivity index (χ2n) is 5.34. The summed E-state index contributed by atoms with van der Waals surface area (Å²) in [6.07, 6.45) is 0. The van der Waals surface area contributed by atoms with Gasteiger partial charge in [-0.2, -0.15) is 0 Å². The van der Waals surface area contributed by atoms with Crippen LogP contribution in [0.5, 0.6) is 0 Å². The van der Waals surface area contributed by atoms with E-state index < -0.39 is 0 Å². The average Bonchev–Trinajstić information content (AvgIpc) is 2.62. The first-order valence-electron chi connectivity index (χ1n) is 6.36. The van der Waals surface area contributed by atoms with E-state index >= 15 is 0 Å². The lowest BCUT2D eigenvalue weighted by Crippen LogP contribution is -2.54. The van der Waals surface area contributed by atoms with Gasteiger partial charge in [0, 0.05) is 25.0 Å². The number of nitrogens with zero attached hydrogens (tertiary/aromatic N) is 3. The Balaban J connectivity index is 1.86. The van der Waals surface area contributed by atoms with Crippen molar-refractivity contribution < 1.29 is 4.79 Å². The van der Waals surface area contributed by atoms with Crippen LogP contribution in [-0.2, 0) is 4.79 Å². The molecule has 0 spiro atoms. The Bertz CT molecular complexity index is 423. The van der Waals surface area contributed by atoms with Gasteiger partial charge in [-0.25, -0.2) is 0 Å². The summed E-state index contributed by atoms with van der Waals surface area (Å²) < 4.78 is 0. The number of hydrogen-bond donors (Lipinski definition) is 1. The number of hydrogen-bond acceptors (Lipinski definition) is 5. The molecule has 0 unspecified atom stereocenters. The number of amides is 1. The van der Waals surface area contributed by atoms with Gasteiger partial charge in [0.1, 0.15) is 5.01 Å². The van der Waals surface area contributed by atoms with Gasteiger partial charge < -0.3 is 10.2 Å². The molecule has 1 aromatic rings. The maximum atomic E-state index is 11.8. The highest BCUT2D eigenvalue weighted by atomic mass is 32.1. The molecule has 6 heteroatoms. The van der Waals surface area contributed by atoms with E-state index in [1.807, 2.05) is 13.8 Å². The van der Waals surface area contributed by atoms with Crippen molar-refractivity contribution in [2.24, 2.45) is 5.92 Å². The molecular weight excluding hydrogens is 248 g/mol. The van der Waals surface area contributed by atoms with Crippen LogP contribution in [0.4, 0.5) is 5.13 Å². The molecule has 0 atom stereocenters. The molecular formula is C12H20N4OS. The zero-order chi connectivity index (χ0) is 13.3. The number of rotatable bonds is 4. The minimum absolute atomic E-state index is 0.0961. The molecule has 0 saturated carbocycles. The van der Waals surface area contributed by atoms with E-state index in [0.717, 1.165) is 23.2 Å². The molecule has 100 valence electrons. The normalized spacial score (nSPS) is 16.2. The van der Waals surface area contributed by atoms with Gasteiger partial charge in [0.25, 0.3) is 0 Å². The van der Waals surface area contributed by atoms with Crippen molar-refractivity contribution in [3.8, 4) is 0 Å². The van der Waals surface area contributed by atoms with Gasteiger partial charge in [0.05, 0.1) is 5.92 Å². The summed E-state index contributed by atoms with van der Waals surface area (Å²) in [6, 6.07) is 0.209. The zero-order valence-corrected chi connectivity index (χ0v) is 12.1. The maximum absolute atomic E-state index is 11.8. The number of carbonyl (C=O) groups is 1. The highest BCUT2D eigenvalue weighted by molar-refractivity contribution is 7.15. The van der Waals surface area contributed by atoms with Crippen LogP contribution in [0.3, 0.4) is 0 Å². The molecule has 2 heterocycles. The van der Waals surface area contributed by atoms with Crippen LogP contribution < -0.4 is 10.2 Å². The summed E-state index contributed by atoms with van der Waals surface area (Å²) in [6.45, 7) is 9.69. The Morgan fingerprint density at radius 2 is 2.00 bits per heavy atom. The van der Waals surface area contributed by atoms with Crippen molar-refractivity contribution in [1.29, 1.82) is 0 Å². The lowest BCUT2D eigenvalue weighted by atomic mass is 10.00. The van der Waals surface area contributed by atoms with Crippen LogP contribution >= 0.6 is 11.3 Å². The van der Waals surface area contributed by atoms with E-state index in [1.54, 1.807) is 11.3 Å². The molecule has 1 saturated heterocycles. The highest BCUT2D eigenvalue weighted by Gasteiger charge is 2.34. The quantitative estimate of drug-likeness (QED) is 0.901. The highest BCUT2D eigenvalue weighted by Crippen LogP contribution is 2.30. The number of carbonyl (C=O) groups excluding carboxylic acids is 1. The summed E-state index contributed by atoms with van der Waals surface area (Å²) in [5, 5.41) is 13.3. The number of anilines is 1. The van der Waals surface area contributed by atoms with Crippen molar-refractivity contribution >= 4 is 22.4 Å². The largest absolute Gasteiger partial charge is 0.354 e. The predicted molar refractivity (Wildman–Crippen MR) is 73.0 cm³/mol. The Kier molecular flexibility index (Phi) is 3.85. The molecule has 1 fully saturated rings. The van der Waals surface area contributed by atoms with E-state index in [4.69, 9.17) is 0 Å². The van der Waals surface area contributed by atoms with Crippen LogP contribution in [0.2, 0.25) is 0 Å². The van der Waals surface area contributed by atoms with Crippen molar-refractivity contribution in [2.45, 2.75) is 39.7 Å². The average molecular weight is 268 g/mol. The minimum atomic E-state index is 0.0961. The fourth-order valence-electron chi connectivity index (χ4n) is 1.79. The molecule has 18 heavy (non-hydrogen) atoms. The Morgan fingerprint density at radius 1 is 1.33 bits per heavy atom. The van der Waals surface area contributed by atoms with Gasteiger partial charge in [0.2, 0.25) is 11.0 Å². The molecule has 0 aromatic carbocycles. The van der Waals surface area contributed by atoms with Crippen LogP contribution in [0.1, 0.15) is 38.6 Å². The van der Waals surface area contributed by atoms with Gasteiger partial charge in [-0.15, -0.1) is 10.2 Å². The first kappa shape index (κ1) is 13.3. The summed E-state index contributed by atoms with van der Waals surface area (Å²) in [7, 11) is 0. The summed E-state index contributed by atoms with van der Waals surface area (Å²) in [5.74, 6) is 0.659. The van der Waals surface area contributed by atoms with Gasteiger partial charge in [-0.05, 0) is 13.8 Å². The third kappa shape index (κ3) is 2.80. The number of nitrogens with one attached hydrogen (secondary N) is 1. The molecule has 0 bridgehead atoms. The Hall–Kier alpha value is -1.17. The topological polar surface area (TPSA) is 58.1 Å². The van der Waals surface area contributed by atoms with E-state index in [-0.39, 0.29) is 17.9 Å². The zero-order valence-electron chi connectivity index (χ0n) is 11.3. The van der Waals surface area contributed by atoms with E-state index in [0.29, 0.717) is 5.92 Å². The predicted octanol–water partition coefficient (Wildman–Crippen LogP) is 1.62. The maximum Gasteiger partial charge on any atom is 0.226 e. The van der Waals surface area contributed by atoms with E-state index in [1.165, 1.54) is 0 Å².